The van der Waals surface area contributed by atoms with Crippen molar-refractivity contribution in [1.82, 2.24) is 0 Å². The molecule has 2 atom stereocenters. The SMILES string of the molecule is CC1(C)OCC([C@@H]2CCCO2)O1. The summed E-state index contributed by atoms with van der Waals surface area (Å²) in [5.74, 6) is -0.406. The molecule has 0 aromatic heterocycles. The average Bonchev–Trinajstić information content (AvgIpc) is 2.55. The third-order valence-corrected chi connectivity index (χ3v) is 2.41. The van der Waals surface area contributed by atoms with E-state index in [0.29, 0.717) is 6.61 Å². The van der Waals surface area contributed by atoms with E-state index in [-0.39, 0.29) is 12.2 Å². The quantitative estimate of drug-likeness (QED) is 0.597. The third kappa shape index (κ3) is 1.63. The van der Waals surface area contributed by atoms with Gasteiger partial charge in [-0.15, -0.1) is 0 Å². The van der Waals surface area contributed by atoms with E-state index in [9.17, 15) is 0 Å². The highest BCUT2D eigenvalue weighted by atomic mass is 16.7. The van der Waals surface area contributed by atoms with Gasteiger partial charge in [0, 0.05) is 6.61 Å². The van der Waals surface area contributed by atoms with E-state index in [1.54, 1.807) is 0 Å². The monoisotopic (exact) mass is 172 g/mol. The topological polar surface area (TPSA) is 27.7 Å². The molecule has 2 fully saturated rings. The van der Waals surface area contributed by atoms with Crippen LogP contribution < -0.4 is 0 Å². The van der Waals surface area contributed by atoms with Crippen molar-refractivity contribution in [3.8, 4) is 0 Å². The van der Waals surface area contributed by atoms with Crippen LogP contribution in [0.15, 0.2) is 0 Å². The molecule has 2 heterocycles. The summed E-state index contributed by atoms with van der Waals surface area (Å²) in [6, 6.07) is 0. The van der Waals surface area contributed by atoms with Crippen molar-refractivity contribution in [2.75, 3.05) is 13.2 Å². The fourth-order valence-corrected chi connectivity index (χ4v) is 1.79. The summed E-state index contributed by atoms with van der Waals surface area (Å²) in [5.41, 5.74) is 0. The molecular weight excluding hydrogens is 156 g/mol. The van der Waals surface area contributed by atoms with Crippen LogP contribution in [0.25, 0.3) is 0 Å². The molecule has 3 heteroatoms. The van der Waals surface area contributed by atoms with Gasteiger partial charge in [0.15, 0.2) is 5.79 Å². The van der Waals surface area contributed by atoms with Gasteiger partial charge in [-0.1, -0.05) is 0 Å². The lowest BCUT2D eigenvalue weighted by atomic mass is 10.1. The first-order valence-corrected chi connectivity index (χ1v) is 4.61. The van der Waals surface area contributed by atoms with Gasteiger partial charge in [-0.2, -0.15) is 0 Å². The van der Waals surface area contributed by atoms with Crippen molar-refractivity contribution in [2.24, 2.45) is 0 Å². The molecule has 2 aliphatic heterocycles. The van der Waals surface area contributed by atoms with Gasteiger partial charge in [0.25, 0.3) is 0 Å². The molecule has 70 valence electrons. The van der Waals surface area contributed by atoms with Gasteiger partial charge in [0.2, 0.25) is 0 Å². The second-order valence-electron chi connectivity index (χ2n) is 3.92. The average molecular weight is 172 g/mol. The van der Waals surface area contributed by atoms with E-state index in [1.165, 1.54) is 0 Å². The van der Waals surface area contributed by atoms with E-state index in [2.05, 4.69) is 0 Å². The van der Waals surface area contributed by atoms with Crippen LogP contribution in [-0.4, -0.2) is 31.2 Å². The Hall–Kier alpha value is -0.120. The molecule has 0 aromatic rings. The molecule has 0 N–H and O–H groups in total. The van der Waals surface area contributed by atoms with Gasteiger partial charge in [0.1, 0.15) is 6.10 Å². The minimum absolute atomic E-state index is 0.155. The van der Waals surface area contributed by atoms with Crippen LogP contribution in [0.3, 0.4) is 0 Å². The fourth-order valence-electron chi connectivity index (χ4n) is 1.79. The molecule has 0 spiro atoms. The normalized spacial score (nSPS) is 40.5. The lowest BCUT2D eigenvalue weighted by Crippen LogP contribution is -2.30. The molecule has 2 saturated heterocycles. The Bertz CT molecular complexity index is 161. The first kappa shape index (κ1) is 8.48. The van der Waals surface area contributed by atoms with Crippen molar-refractivity contribution < 1.29 is 14.2 Å². The largest absolute Gasteiger partial charge is 0.375 e. The summed E-state index contributed by atoms with van der Waals surface area (Å²) in [7, 11) is 0. The highest BCUT2D eigenvalue weighted by molar-refractivity contribution is 4.81. The van der Waals surface area contributed by atoms with E-state index < -0.39 is 5.79 Å². The van der Waals surface area contributed by atoms with E-state index in [1.807, 2.05) is 13.8 Å². The summed E-state index contributed by atoms with van der Waals surface area (Å²) in [5, 5.41) is 0. The second-order valence-corrected chi connectivity index (χ2v) is 3.92. The lowest BCUT2D eigenvalue weighted by Gasteiger charge is -2.20. The van der Waals surface area contributed by atoms with E-state index >= 15 is 0 Å². The Balaban J connectivity index is 1.90. The van der Waals surface area contributed by atoms with Crippen molar-refractivity contribution in [3.05, 3.63) is 0 Å². The lowest BCUT2D eigenvalue weighted by molar-refractivity contribution is -0.151. The summed E-state index contributed by atoms with van der Waals surface area (Å²) in [4.78, 5) is 0. The van der Waals surface area contributed by atoms with E-state index in [0.717, 1.165) is 19.4 Å². The molecule has 0 radical (unpaired) electrons. The smallest absolute Gasteiger partial charge is 0.163 e. The highest BCUT2D eigenvalue weighted by Gasteiger charge is 2.38. The number of hydrogen-bond donors (Lipinski definition) is 0. The van der Waals surface area contributed by atoms with Crippen LogP contribution in [0.5, 0.6) is 0 Å². The maximum Gasteiger partial charge on any atom is 0.163 e. The molecule has 0 amide bonds. The maximum atomic E-state index is 5.69. The molecule has 12 heavy (non-hydrogen) atoms. The van der Waals surface area contributed by atoms with Gasteiger partial charge in [-0.25, -0.2) is 0 Å². The molecule has 1 unspecified atom stereocenters. The molecule has 0 aromatic carbocycles. The zero-order chi connectivity index (χ0) is 8.60. The number of ether oxygens (including phenoxy) is 3. The highest BCUT2D eigenvalue weighted by Crippen LogP contribution is 2.28. The van der Waals surface area contributed by atoms with Gasteiger partial charge in [0.05, 0.1) is 12.7 Å². The van der Waals surface area contributed by atoms with Crippen molar-refractivity contribution in [2.45, 2.75) is 44.7 Å². The van der Waals surface area contributed by atoms with Crippen LogP contribution in [0.2, 0.25) is 0 Å². The Morgan fingerprint density at radius 3 is 2.58 bits per heavy atom. The maximum absolute atomic E-state index is 5.69. The minimum Gasteiger partial charge on any atom is -0.375 e. The Morgan fingerprint density at radius 1 is 1.25 bits per heavy atom. The zero-order valence-electron chi connectivity index (χ0n) is 7.71. The number of hydrogen-bond acceptors (Lipinski definition) is 3. The van der Waals surface area contributed by atoms with Gasteiger partial charge >= 0.3 is 0 Å². The van der Waals surface area contributed by atoms with Crippen LogP contribution >= 0.6 is 0 Å². The summed E-state index contributed by atoms with van der Waals surface area (Å²) in [6.07, 6.45) is 2.70. The molecule has 2 aliphatic rings. The first-order chi connectivity index (χ1) is 5.67. The third-order valence-electron chi connectivity index (χ3n) is 2.41. The first-order valence-electron chi connectivity index (χ1n) is 4.61. The summed E-state index contributed by atoms with van der Waals surface area (Å²) >= 11 is 0. The van der Waals surface area contributed by atoms with Crippen LogP contribution in [-0.2, 0) is 14.2 Å². The fraction of sp³-hybridized carbons (Fsp3) is 1.00. The van der Waals surface area contributed by atoms with Crippen molar-refractivity contribution in [1.29, 1.82) is 0 Å². The molecule has 0 saturated carbocycles. The van der Waals surface area contributed by atoms with Crippen LogP contribution in [0, 0.1) is 0 Å². The van der Waals surface area contributed by atoms with Crippen molar-refractivity contribution >= 4 is 0 Å². The second kappa shape index (κ2) is 2.98. The zero-order valence-corrected chi connectivity index (χ0v) is 7.71. The predicted octanol–water partition coefficient (Wildman–Crippen LogP) is 1.32. The molecule has 3 nitrogen and oxygen atoms in total. The van der Waals surface area contributed by atoms with Crippen LogP contribution in [0.4, 0.5) is 0 Å². The summed E-state index contributed by atoms with van der Waals surface area (Å²) in [6.45, 7) is 5.45. The molecule has 2 rings (SSSR count). The van der Waals surface area contributed by atoms with Crippen LogP contribution in [0.1, 0.15) is 26.7 Å². The molecule has 0 aliphatic carbocycles. The van der Waals surface area contributed by atoms with E-state index in [4.69, 9.17) is 14.2 Å². The Labute approximate surface area is 73.0 Å². The van der Waals surface area contributed by atoms with Crippen molar-refractivity contribution in [3.63, 3.8) is 0 Å². The Kier molecular flexibility index (Phi) is 2.10. The molecule has 0 bridgehead atoms. The standard InChI is InChI=1S/C9H16O3/c1-9(2)11-6-8(12-9)7-4-3-5-10-7/h7-8H,3-6H2,1-2H3/t7-,8?/m0/s1. The Morgan fingerprint density at radius 2 is 2.08 bits per heavy atom. The molecular formula is C9H16O3. The predicted molar refractivity (Wildman–Crippen MR) is 43.9 cm³/mol. The van der Waals surface area contributed by atoms with Gasteiger partial charge in [-0.3, -0.25) is 0 Å². The summed E-state index contributed by atoms with van der Waals surface area (Å²) < 4.78 is 16.7. The van der Waals surface area contributed by atoms with Gasteiger partial charge < -0.3 is 14.2 Å². The number of rotatable bonds is 1. The minimum atomic E-state index is -0.406. The van der Waals surface area contributed by atoms with Gasteiger partial charge in [-0.05, 0) is 26.7 Å².